The molecule has 4 nitrogen and oxygen atoms in total. The van der Waals surface area contributed by atoms with E-state index in [0.717, 1.165) is 0 Å². The minimum atomic E-state index is -0.621. The Balaban J connectivity index is 3.81. The fraction of sp³-hybridized carbons (Fsp3) is 0.400. The lowest BCUT2D eigenvalue weighted by Gasteiger charge is -2.07. The first-order valence-corrected chi connectivity index (χ1v) is 6.58. The predicted molar refractivity (Wildman–Crippen MR) is 74.7 cm³/mol. The second-order valence-corrected chi connectivity index (χ2v) is 4.71. The van der Waals surface area contributed by atoms with E-state index >= 15 is 0 Å². The van der Waals surface area contributed by atoms with Crippen molar-refractivity contribution in [2.75, 3.05) is 0 Å². The Morgan fingerprint density at radius 1 is 1.00 bits per heavy atom. The SMILES string of the molecule is C#CC(I)OC(=O)CCC(=O)OC(I)C#C. The van der Waals surface area contributed by atoms with Gasteiger partial charge in [-0.3, -0.25) is 9.59 Å². The Labute approximate surface area is 121 Å². The Morgan fingerprint density at radius 3 is 1.56 bits per heavy atom. The van der Waals surface area contributed by atoms with E-state index in [9.17, 15) is 9.59 Å². The van der Waals surface area contributed by atoms with E-state index in [-0.39, 0.29) is 12.8 Å². The molecule has 6 heteroatoms. The largest absolute Gasteiger partial charge is 0.439 e. The molecule has 0 saturated carbocycles. The van der Waals surface area contributed by atoms with Crippen LogP contribution in [0.2, 0.25) is 0 Å². The van der Waals surface area contributed by atoms with Crippen molar-refractivity contribution < 1.29 is 19.1 Å². The first-order valence-electron chi connectivity index (χ1n) is 4.09. The second-order valence-electron chi connectivity index (χ2n) is 2.45. The van der Waals surface area contributed by atoms with Crippen LogP contribution < -0.4 is 0 Å². The molecule has 0 fully saturated rings. The summed E-state index contributed by atoms with van der Waals surface area (Å²) in [5.41, 5.74) is 0. The highest BCUT2D eigenvalue weighted by Crippen LogP contribution is 2.07. The predicted octanol–water partition coefficient (Wildman–Crippen LogP) is 1.64. The minimum absolute atomic E-state index is 0.0755. The fourth-order valence-electron chi connectivity index (χ4n) is 0.621. The molecule has 0 bridgehead atoms. The molecule has 0 radical (unpaired) electrons. The van der Waals surface area contributed by atoms with Crippen molar-refractivity contribution in [2.45, 2.75) is 21.1 Å². The van der Waals surface area contributed by atoms with Crippen LogP contribution in [0.4, 0.5) is 0 Å². The average molecular weight is 446 g/mol. The fourth-order valence-corrected chi connectivity index (χ4v) is 1.19. The molecule has 0 saturated heterocycles. The van der Waals surface area contributed by atoms with Gasteiger partial charge >= 0.3 is 11.9 Å². The van der Waals surface area contributed by atoms with E-state index in [0.29, 0.717) is 0 Å². The molecule has 0 aliphatic carbocycles. The molecule has 0 aromatic rings. The van der Waals surface area contributed by atoms with Gasteiger partial charge in [0.2, 0.25) is 8.22 Å². The normalized spacial score (nSPS) is 12.8. The number of hydrogen-bond donors (Lipinski definition) is 0. The summed E-state index contributed by atoms with van der Waals surface area (Å²) in [6, 6.07) is 0. The smallest absolute Gasteiger partial charge is 0.308 e. The molecule has 0 aromatic heterocycles. The Morgan fingerprint density at radius 2 is 1.31 bits per heavy atom. The number of esters is 2. The number of alkyl halides is 2. The Kier molecular flexibility index (Phi) is 8.39. The van der Waals surface area contributed by atoms with Crippen molar-refractivity contribution in [2.24, 2.45) is 0 Å². The number of halogens is 2. The standard InChI is InChI=1S/C10H8I2O4/c1-3-7(11)15-9(13)5-6-10(14)16-8(12)4-2/h1-2,7-8H,5-6H2. The first-order chi connectivity index (χ1) is 7.49. The van der Waals surface area contributed by atoms with Gasteiger partial charge in [0.05, 0.1) is 12.8 Å². The molecule has 2 atom stereocenters. The molecule has 0 spiro atoms. The topological polar surface area (TPSA) is 52.6 Å². The molecule has 0 rings (SSSR count). The van der Waals surface area contributed by atoms with Crippen LogP contribution in [0.1, 0.15) is 12.8 Å². The van der Waals surface area contributed by atoms with Gasteiger partial charge in [-0.2, -0.15) is 0 Å². The molecule has 0 aliphatic rings. The number of terminal acetylenes is 2. The quantitative estimate of drug-likeness (QED) is 0.279. The summed E-state index contributed by atoms with van der Waals surface area (Å²) < 4.78 is 8.24. The van der Waals surface area contributed by atoms with Gasteiger partial charge in [0.15, 0.2) is 0 Å². The van der Waals surface area contributed by atoms with Crippen LogP contribution in [-0.2, 0) is 19.1 Å². The number of hydrogen-bond acceptors (Lipinski definition) is 4. The third-order valence-corrected chi connectivity index (χ3v) is 2.49. The van der Waals surface area contributed by atoms with Gasteiger partial charge in [-0.25, -0.2) is 0 Å². The monoisotopic (exact) mass is 446 g/mol. The third-order valence-electron chi connectivity index (χ3n) is 1.27. The molecule has 0 heterocycles. The van der Waals surface area contributed by atoms with Crippen molar-refractivity contribution in [1.29, 1.82) is 0 Å². The maximum Gasteiger partial charge on any atom is 0.308 e. The average Bonchev–Trinajstić information content (AvgIpc) is 2.26. The third kappa shape index (κ3) is 7.77. The zero-order valence-corrected chi connectivity index (χ0v) is 12.4. The van der Waals surface area contributed by atoms with Crippen LogP contribution in [0.3, 0.4) is 0 Å². The van der Waals surface area contributed by atoms with Crippen molar-refractivity contribution >= 4 is 57.1 Å². The van der Waals surface area contributed by atoms with Crippen molar-refractivity contribution in [3.63, 3.8) is 0 Å². The summed E-state index contributed by atoms with van der Waals surface area (Å²) in [4.78, 5) is 22.2. The molecule has 0 aromatic carbocycles. The van der Waals surface area contributed by atoms with Gasteiger partial charge in [0, 0.05) is 0 Å². The summed E-state index contributed by atoms with van der Waals surface area (Å²) in [5.74, 6) is 3.37. The Bertz CT molecular complexity index is 306. The lowest BCUT2D eigenvalue weighted by Crippen LogP contribution is -2.15. The summed E-state index contributed by atoms with van der Waals surface area (Å²) in [6.45, 7) is 0. The molecule has 86 valence electrons. The van der Waals surface area contributed by atoms with E-state index in [2.05, 4.69) is 11.8 Å². The van der Waals surface area contributed by atoms with E-state index in [1.807, 2.05) is 0 Å². The molecular weight excluding hydrogens is 438 g/mol. The highest BCUT2D eigenvalue weighted by atomic mass is 127. The summed E-state index contributed by atoms with van der Waals surface area (Å²) in [5, 5.41) is 0. The van der Waals surface area contributed by atoms with Crippen molar-refractivity contribution in [1.82, 2.24) is 0 Å². The molecule has 0 N–H and O–H groups in total. The highest BCUT2D eigenvalue weighted by Gasteiger charge is 2.13. The van der Waals surface area contributed by atoms with Crippen molar-refractivity contribution in [3.05, 3.63) is 0 Å². The van der Waals surface area contributed by atoms with Gasteiger partial charge in [-0.1, -0.05) is 11.8 Å². The van der Waals surface area contributed by atoms with Crippen LogP contribution >= 0.6 is 45.2 Å². The minimum Gasteiger partial charge on any atom is -0.439 e. The molecule has 0 aliphatic heterocycles. The maximum atomic E-state index is 11.1. The van der Waals surface area contributed by atoms with E-state index in [4.69, 9.17) is 22.3 Å². The van der Waals surface area contributed by atoms with E-state index in [1.54, 1.807) is 45.2 Å². The maximum absolute atomic E-state index is 11.1. The first kappa shape index (κ1) is 15.5. The van der Waals surface area contributed by atoms with Gasteiger partial charge < -0.3 is 9.47 Å². The van der Waals surface area contributed by atoms with Crippen LogP contribution in [-0.4, -0.2) is 20.2 Å². The number of ether oxygens (including phenoxy) is 2. The zero-order chi connectivity index (χ0) is 12.6. The lowest BCUT2D eigenvalue weighted by molar-refractivity contribution is -0.149. The summed E-state index contributed by atoms with van der Waals surface area (Å²) >= 11 is 3.56. The summed E-state index contributed by atoms with van der Waals surface area (Å²) in [6.07, 6.45) is 9.87. The second kappa shape index (κ2) is 8.65. The summed E-state index contributed by atoms with van der Waals surface area (Å²) in [7, 11) is 0. The highest BCUT2D eigenvalue weighted by molar-refractivity contribution is 14.1. The molecule has 2 unspecified atom stereocenters. The lowest BCUT2D eigenvalue weighted by atomic mass is 10.3. The molecular formula is C10H8I2O4. The van der Waals surface area contributed by atoms with Crippen LogP contribution in [0.15, 0.2) is 0 Å². The van der Waals surface area contributed by atoms with Gasteiger partial charge in [0.25, 0.3) is 0 Å². The number of carbonyl (C=O) groups is 2. The van der Waals surface area contributed by atoms with Gasteiger partial charge in [0.1, 0.15) is 0 Å². The van der Waals surface area contributed by atoms with Crippen LogP contribution in [0, 0.1) is 24.7 Å². The van der Waals surface area contributed by atoms with Crippen molar-refractivity contribution in [3.8, 4) is 24.7 Å². The number of carbonyl (C=O) groups excluding carboxylic acids is 2. The zero-order valence-electron chi connectivity index (χ0n) is 8.11. The number of rotatable bonds is 5. The molecule has 16 heavy (non-hydrogen) atoms. The molecule has 0 amide bonds. The van der Waals surface area contributed by atoms with E-state index < -0.39 is 20.2 Å². The Hall–Kier alpha value is -0.480. The van der Waals surface area contributed by atoms with Crippen LogP contribution in [0.5, 0.6) is 0 Å². The van der Waals surface area contributed by atoms with Gasteiger partial charge in [-0.05, 0) is 45.2 Å². The van der Waals surface area contributed by atoms with Gasteiger partial charge in [-0.15, -0.1) is 12.8 Å². The van der Waals surface area contributed by atoms with Crippen LogP contribution in [0.25, 0.3) is 0 Å². The van der Waals surface area contributed by atoms with E-state index in [1.165, 1.54) is 0 Å².